The van der Waals surface area contributed by atoms with Crippen LogP contribution in [-0.4, -0.2) is 17.6 Å². The quantitative estimate of drug-likeness (QED) is 0.735. The van der Waals surface area contributed by atoms with Crippen LogP contribution in [-0.2, 0) is 4.79 Å². The minimum Gasteiger partial charge on any atom is -0.480 e. The fourth-order valence-corrected chi connectivity index (χ4v) is 1.20. The number of aliphatic carboxylic acids is 1. The van der Waals surface area contributed by atoms with Crippen LogP contribution in [0.15, 0.2) is 30.3 Å². The molecular formula is C10H13NO2. The zero-order chi connectivity index (χ0) is 9.68. The van der Waals surface area contributed by atoms with Gasteiger partial charge >= 0.3 is 5.97 Å². The van der Waals surface area contributed by atoms with E-state index in [1.165, 1.54) is 0 Å². The maximum absolute atomic E-state index is 10.8. The zero-order valence-corrected chi connectivity index (χ0v) is 7.53. The monoisotopic (exact) mass is 179 g/mol. The maximum atomic E-state index is 10.8. The van der Waals surface area contributed by atoms with Crippen molar-refractivity contribution in [3.05, 3.63) is 35.9 Å². The lowest BCUT2D eigenvalue weighted by molar-refractivity contribution is -0.139. The first-order chi connectivity index (χ1) is 6.25. The Balaban J connectivity index is 2.82. The summed E-state index contributed by atoms with van der Waals surface area (Å²) in [5.41, 5.74) is 0.789. The largest absolute Gasteiger partial charge is 0.480 e. The Morgan fingerprint density at radius 1 is 1.46 bits per heavy atom. The number of likely N-dealkylation sites (N-methyl/N-ethyl adjacent to an activating group) is 1. The highest BCUT2D eigenvalue weighted by Gasteiger charge is 2.17. The lowest BCUT2D eigenvalue weighted by Crippen LogP contribution is -2.28. The first-order valence-corrected chi connectivity index (χ1v) is 4.27. The van der Waals surface area contributed by atoms with Crippen LogP contribution in [0.1, 0.15) is 18.5 Å². The molecule has 13 heavy (non-hydrogen) atoms. The Morgan fingerprint density at radius 2 is 2.08 bits per heavy atom. The van der Waals surface area contributed by atoms with Crippen LogP contribution in [0.2, 0.25) is 0 Å². The standard InChI is InChI=1S/C10H13NO2/c1-2-11-9(10(12)13)8-6-4-3-5-7-8/h3-7,9,11H,2H2,1H3,(H,12,13)/t9-/m0/s1. The van der Waals surface area contributed by atoms with Gasteiger partial charge in [-0.1, -0.05) is 37.3 Å². The van der Waals surface area contributed by atoms with Crippen LogP contribution in [0.3, 0.4) is 0 Å². The molecule has 3 nitrogen and oxygen atoms in total. The molecule has 0 spiro atoms. The van der Waals surface area contributed by atoms with E-state index in [1.807, 2.05) is 25.1 Å². The van der Waals surface area contributed by atoms with E-state index in [1.54, 1.807) is 12.1 Å². The van der Waals surface area contributed by atoms with Gasteiger partial charge in [0.25, 0.3) is 0 Å². The van der Waals surface area contributed by atoms with Gasteiger partial charge in [-0.15, -0.1) is 0 Å². The molecular weight excluding hydrogens is 166 g/mol. The van der Waals surface area contributed by atoms with Crippen molar-refractivity contribution in [1.82, 2.24) is 5.32 Å². The third-order valence-corrected chi connectivity index (χ3v) is 1.79. The first kappa shape index (κ1) is 9.74. The van der Waals surface area contributed by atoms with Crippen molar-refractivity contribution >= 4 is 5.97 Å². The summed E-state index contributed by atoms with van der Waals surface area (Å²) in [6, 6.07) is 8.56. The molecule has 0 bridgehead atoms. The van der Waals surface area contributed by atoms with Gasteiger partial charge < -0.3 is 10.4 Å². The molecule has 2 N–H and O–H groups in total. The Kier molecular flexibility index (Phi) is 3.46. The summed E-state index contributed by atoms with van der Waals surface area (Å²) in [6.45, 7) is 2.53. The van der Waals surface area contributed by atoms with E-state index in [4.69, 9.17) is 5.11 Å². The number of benzene rings is 1. The Bertz CT molecular complexity index is 272. The number of carbonyl (C=O) groups is 1. The normalized spacial score (nSPS) is 12.4. The molecule has 1 rings (SSSR count). The average molecular weight is 179 g/mol. The van der Waals surface area contributed by atoms with Crippen LogP contribution >= 0.6 is 0 Å². The average Bonchev–Trinajstić information content (AvgIpc) is 2.15. The topological polar surface area (TPSA) is 49.3 Å². The molecule has 0 unspecified atom stereocenters. The molecule has 70 valence electrons. The Labute approximate surface area is 77.4 Å². The summed E-state index contributed by atoms with van der Waals surface area (Å²) < 4.78 is 0. The zero-order valence-electron chi connectivity index (χ0n) is 7.53. The van der Waals surface area contributed by atoms with E-state index in [0.29, 0.717) is 6.54 Å². The van der Waals surface area contributed by atoms with Gasteiger partial charge in [-0.2, -0.15) is 0 Å². The fraction of sp³-hybridized carbons (Fsp3) is 0.300. The molecule has 1 aromatic carbocycles. The van der Waals surface area contributed by atoms with Crippen molar-refractivity contribution in [2.75, 3.05) is 6.54 Å². The van der Waals surface area contributed by atoms with Gasteiger partial charge in [0.1, 0.15) is 6.04 Å². The van der Waals surface area contributed by atoms with E-state index >= 15 is 0 Å². The molecule has 0 radical (unpaired) electrons. The molecule has 0 aliphatic carbocycles. The van der Waals surface area contributed by atoms with Gasteiger partial charge in [0.2, 0.25) is 0 Å². The highest BCUT2D eigenvalue weighted by atomic mass is 16.4. The smallest absolute Gasteiger partial charge is 0.325 e. The van der Waals surface area contributed by atoms with Crippen LogP contribution in [0.4, 0.5) is 0 Å². The molecule has 0 aliphatic rings. The van der Waals surface area contributed by atoms with E-state index in [0.717, 1.165) is 5.56 Å². The number of rotatable bonds is 4. The summed E-state index contributed by atoms with van der Waals surface area (Å²) in [5, 5.41) is 11.8. The lowest BCUT2D eigenvalue weighted by atomic mass is 10.1. The van der Waals surface area contributed by atoms with Crippen molar-refractivity contribution in [2.24, 2.45) is 0 Å². The Morgan fingerprint density at radius 3 is 2.54 bits per heavy atom. The second kappa shape index (κ2) is 4.62. The molecule has 0 saturated carbocycles. The first-order valence-electron chi connectivity index (χ1n) is 4.27. The van der Waals surface area contributed by atoms with Gasteiger partial charge in [-0.05, 0) is 12.1 Å². The highest BCUT2D eigenvalue weighted by molar-refractivity contribution is 5.75. The Hall–Kier alpha value is -1.35. The summed E-state index contributed by atoms with van der Waals surface area (Å²) in [5.74, 6) is -0.840. The second-order valence-electron chi connectivity index (χ2n) is 2.74. The lowest BCUT2D eigenvalue weighted by Gasteiger charge is -2.12. The molecule has 0 aliphatic heterocycles. The number of nitrogens with one attached hydrogen (secondary N) is 1. The second-order valence-corrected chi connectivity index (χ2v) is 2.74. The third kappa shape index (κ3) is 2.56. The highest BCUT2D eigenvalue weighted by Crippen LogP contribution is 2.11. The predicted molar refractivity (Wildman–Crippen MR) is 50.5 cm³/mol. The van der Waals surface area contributed by atoms with Crippen LogP contribution < -0.4 is 5.32 Å². The molecule has 0 heterocycles. The van der Waals surface area contributed by atoms with Crippen molar-refractivity contribution in [1.29, 1.82) is 0 Å². The third-order valence-electron chi connectivity index (χ3n) is 1.79. The minimum atomic E-state index is -0.840. The number of hydrogen-bond acceptors (Lipinski definition) is 2. The van der Waals surface area contributed by atoms with Gasteiger partial charge in [-0.3, -0.25) is 4.79 Å². The van der Waals surface area contributed by atoms with Crippen LogP contribution in [0.25, 0.3) is 0 Å². The van der Waals surface area contributed by atoms with E-state index < -0.39 is 12.0 Å². The summed E-state index contributed by atoms with van der Waals surface area (Å²) in [4.78, 5) is 10.8. The van der Waals surface area contributed by atoms with Gasteiger partial charge in [-0.25, -0.2) is 0 Å². The van der Waals surface area contributed by atoms with Gasteiger partial charge in [0.15, 0.2) is 0 Å². The molecule has 0 fully saturated rings. The number of carboxylic acids is 1. The van der Waals surface area contributed by atoms with Gasteiger partial charge in [0.05, 0.1) is 0 Å². The maximum Gasteiger partial charge on any atom is 0.325 e. The predicted octanol–water partition coefficient (Wildman–Crippen LogP) is 1.42. The molecule has 0 amide bonds. The van der Waals surface area contributed by atoms with Crippen molar-refractivity contribution in [3.63, 3.8) is 0 Å². The van der Waals surface area contributed by atoms with Crippen LogP contribution in [0.5, 0.6) is 0 Å². The van der Waals surface area contributed by atoms with E-state index in [2.05, 4.69) is 5.32 Å². The van der Waals surface area contributed by atoms with Gasteiger partial charge in [0, 0.05) is 0 Å². The molecule has 0 aromatic heterocycles. The molecule has 1 atom stereocenters. The van der Waals surface area contributed by atoms with Crippen LogP contribution in [0, 0.1) is 0 Å². The summed E-state index contributed by atoms with van der Waals surface area (Å²) in [7, 11) is 0. The van der Waals surface area contributed by atoms with Crippen molar-refractivity contribution in [3.8, 4) is 0 Å². The number of hydrogen-bond donors (Lipinski definition) is 2. The molecule has 0 saturated heterocycles. The number of carboxylic acid groups (broad SMARTS) is 1. The minimum absolute atomic E-state index is 0.591. The van der Waals surface area contributed by atoms with Crippen molar-refractivity contribution in [2.45, 2.75) is 13.0 Å². The van der Waals surface area contributed by atoms with E-state index in [-0.39, 0.29) is 0 Å². The fourth-order valence-electron chi connectivity index (χ4n) is 1.20. The SMILES string of the molecule is CCN[C@H](C(=O)O)c1ccccc1. The molecule has 3 heteroatoms. The van der Waals surface area contributed by atoms with Crippen molar-refractivity contribution < 1.29 is 9.90 Å². The van der Waals surface area contributed by atoms with E-state index in [9.17, 15) is 4.79 Å². The summed E-state index contributed by atoms with van der Waals surface area (Å²) in [6.07, 6.45) is 0. The molecule has 1 aromatic rings. The summed E-state index contributed by atoms with van der Waals surface area (Å²) >= 11 is 0.